The predicted molar refractivity (Wildman–Crippen MR) is 69.2 cm³/mol. The summed E-state index contributed by atoms with van der Waals surface area (Å²) in [5, 5.41) is 3.42. The van der Waals surface area contributed by atoms with Gasteiger partial charge in [-0.05, 0) is 49.9 Å². The molecule has 7 unspecified atom stereocenters. The van der Waals surface area contributed by atoms with Gasteiger partial charge in [0, 0.05) is 11.6 Å². The fourth-order valence-electron chi connectivity index (χ4n) is 4.90. The molecule has 104 valence electrons. The maximum absolute atomic E-state index is 11.3. The number of nitrogens with one attached hydrogen (secondary N) is 1. The summed E-state index contributed by atoms with van der Waals surface area (Å²) in [6, 6.07) is 0.529. The Morgan fingerprint density at radius 2 is 2.21 bits per heavy atom. The lowest BCUT2D eigenvalue weighted by molar-refractivity contribution is -0.140. The number of epoxide rings is 1. The van der Waals surface area contributed by atoms with Gasteiger partial charge in [0.15, 0.2) is 0 Å². The predicted octanol–water partition coefficient (Wildman–Crippen LogP) is 1.46. The molecule has 7 atom stereocenters. The molecule has 4 heteroatoms. The molecule has 3 saturated carbocycles. The van der Waals surface area contributed by atoms with Crippen molar-refractivity contribution in [3.63, 3.8) is 0 Å². The van der Waals surface area contributed by atoms with Crippen LogP contribution in [0.15, 0.2) is 12.2 Å². The Morgan fingerprint density at radius 3 is 3.00 bits per heavy atom. The van der Waals surface area contributed by atoms with Crippen LogP contribution in [-0.4, -0.2) is 30.9 Å². The van der Waals surface area contributed by atoms with Crippen LogP contribution in [-0.2, 0) is 14.3 Å². The Balaban J connectivity index is 1.31. The molecule has 0 radical (unpaired) electrons. The molecule has 1 heterocycles. The first-order valence-corrected chi connectivity index (χ1v) is 7.36. The van der Waals surface area contributed by atoms with E-state index in [9.17, 15) is 4.79 Å². The molecule has 4 aliphatic rings. The summed E-state index contributed by atoms with van der Waals surface area (Å²) in [5.41, 5.74) is 0.461. The van der Waals surface area contributed by atoms with Crippen molar-refractivity contribution in [2.75, 3.05) is 6.73 Å². The number of rotatable bonds is 4. The fraction of sp³-hybridized carbons (Fsp3) is 0.800. The van der Waals surface area contributed by atoms with E-state index in [1.54, 1.807) is 6.92 Å². The molecule has 3 aliphatic carbocycles. The van der Waals surface area contributed by atoms with Crippen molar-refractivity contribution in [1.82, 2.24) is 5.32 Å². The van der Waals surface area contributed by atoms with Crippen LogP contribution in [0.4, 0.5) is 0 Å². The average Bonchev–Trinajstić information content (AvgIpc) is 2.76. The highest BCUT2D eigenvalue weighted by atomic mass is 16.6. The van der Waals surface area contributed by atoms with Crippen LogP contribution in [0, 0.1) is 23.7 Å². The minimum atomic E-state index is -0.302. The second-order valence-electron chi connectivity index (χ2n) is 6.68. The molecule has 0 aromatic heterocycles. The van der Waals surface area contributed by atoms with Crippen molar-refractivity contribution >= 4 is 5.97 Å². The summed E-state index contributed by atoms with van der Waals surface area (Å²) in [5.74, 6) is 3.00. The number of hydrogen-bond acceptors (Lipinski definition) is 4. The van der Waals surface area contributed by atoms with Crippen LogP contribution >= 0.6 is 0 Å². The normalized spacial score (nSPS) is 48.8. The van der Waals surface area contributed by atoms with Gasteiger partial charge in [-0.1, -0.05) is 6.58 Å². The van der Waals surface area contributed by atoms with Gasteiger partial charge in [0.2, 0.25) is 0 Å². The van der Waals surface area contributed by atoms with Crippen LogP contribution in [0.2, 0.25) is 0 Å². The minimum Gasteiger partial charge on any atom is -0.446 e. The van der Waals surface area contributed by atoms with Gasteiger partial charge < -0.3 is 9.47 Å². The van der Waals surface area contributed by atoms with Gasteiger partial charge in [-0.15, -0.1) is 0 Å². The summed E-state index contributed by atoms with van der Waals surface area (Å²) < 4.78 is 10.8. The highest BCUT2D eigenvalue weighted by Gasteiger charge is 2.66. The third kappa shape index (κ3) is 1.77. The largest absolute Gasteiger partial charge is 0.446 e. The molecule has 0 aromatic rings. The average molecular weight is 263 g/mol. The zero-order chi connectivity index (χ0) is 13.1. The summed E-state index contributed by atoms with van der Waals surface area (Å²) in [6.07, 6.45) is 5.01. The monoisotopic (exact) mass is 263 g/mol. The van der Waals surface area contributed by atoms with Crippen molar-refractivity contribution in [3.8, 4) is 0 Å². The standard InChI is InChI=1S/C15H21NO3/c1-7(2)15(17)18-6-16-11-4-8-3-9(11)10-5-12-14(19-12)13(8)10/h8-14,16H,1,3-6H2,2H3. The topological polar surface area (TPSA) is 50.9 Å². The summed E-state index contributed by atoms with van der Waals surface area (Å²) >= 11 is 0. The number of ether oxygens (including phenoxy) is 2. The summed E-state index contributed by atoms with van der Waals surface area (Å²) in [6.45, 7) is 5.58. The number of esters is 1. The Bertz CT molecular complexity index is 435. The molecule has 1 saturated heterocycles. The van der Waals surface area contributed by atoms with E-state index in [1.165, 1.54) is 19.3 Å². The smallest absolute Gasteiger partial charge is 0.334 e. The van der Waals surface area contributed by atoms with Gasteiger partial charge in [-0.25, -0.2) is 4.79 Å². The van der Waals surface area contributed by atoms with Crippen LogP contribution in [0.1, 0.15) is 26.2 Å². The Labute approximate surface area is 113 Å². The van der Waals surface area contributed by atoms with E-state index in [1.807, 2.05) is 0 Å². The van der Waals surface area contributed by atoms with E-state index in [-0.39, 0.29) is 5.97 Å². The quantitative estimate of drug-likeness (QED) is 0.361. The third-order valence-electron chi connectivity index (χ3n) is 5.64. The van der Waals surface area contributed by atoms with Gasteiger partial charge in [0.1, 0.15) is 6.73 Å². The van der Waals surface area contributed by atoms with Gasteiger partial charge in [0.05, 0.1) is 12.2 Å². The van der Waals surface area contributed by atoms with Gasteiger partial charge in [-0.3, -0.25) is 5.32 Å². The van der Waals surface area contributed by atoms with Crippen molar-refractivity contribution in [2.45, 2.75) is 44.4 Å². The molecule has 2 bridgehead atoms. The lowest BCUT2D eigenvalue weighted by Crippen LogP contribution is -2.41. The fourth-order valence-corrected chi connectivity index (χ4v) is 4.90. The second kappa shape index (κ2) is 4.06. The van der Waals surface area contributed by atoms with E-state index in [0.29, 0.717) is 30.6 Å². The Morgan fingerprint density at radius 1 is 1.37 bits per heavy atom. The molecule has 19 heavy (non-hydrogen) atoms. The van der Waals surface area contributed by atoms with Gasteiger partial charge in [-0.2, -0.15) is 0 Å². The lowest BCUT2D eigenvalue weighted by Gasteiger charge is -2.33. The van der Waals surface area contributed by atoms with Crippen LogP contribution in [0.3, 0.4) is 0 Å². The van der Waals surface area contributed by atoms with Gasteiger partial charge in [0.25, 0.3) is 0 Å². The first kappa shape index (κ1) is 11.9. The molecule has 1 aliphatic heterocycles. The van der Waals surface area contributed by atoms with Gasteiger partial charge >= 0.3 is 5.97 Å². The van der Waals surface area contributed by atoms with E-state index in [0.717, 1.165) is 23.7 Å². The molecular formula is C15H21NO3. The van der Waals surface area contributed by atoms with Crippen molar-refractivity contribution < 1.29 is 14.3 Å². The second-order valence-corrected chi connectivity index (χ2v) is 6.68. The van der Waals surface area contributed by atoms with Crippen LogP contribution < -0.4 is 5.32 Å². The van der Waals surface area contributed by atoms with Crippen LogP contribution in [0.25, 0.3) is 0 Å². The Hall–Kier alpha value is -0.870. The summed E-state index contributed by atoms with van der Waals surface area (Å²) in [7, 11) is 0. The summed E-state index contributed by atoms with van der Waals surface area (Å²) in [4.78, 5) is 11.3. The zero-order valence-electron chi connectivity index (χ0n) is 11.3. The minimum absolute atomic E-state index is 0.302. The SMILES string of the molecule is C=C(C)C(=O)OCNC1CC2CC1C1CC3OC3C21. The molecule has 0 aromatic carbocycles. The number of hydrogen-bond donors (Lipinski definition) is 1. The molecule has 4 fully saturated rings. The number of fused-ring (bicyclic) bond motifs is 7. The maximum Gasteiger partial charge on any atom is 0.334 e. The highest BCUT2D eigenvalue weighted by molar-refractivity contribution is 5.86. The highest BCUT2D eigenvalue weighted by Crippen LogP contribution is 2.64. The first-order valence-electron chi connectivity index (χ1n) is 7.36. The van der Waals surface area contributed by atoms with Crippen molar-refractivity contribution in [2.24, 2.45) is 23.7 Å². The molecular weight excluding hydrogens is 242 g/mol. The first-order chi connectivity index (χ1) is 9.15. The molecule has 4 nitrogen and oxygen atoms in total. The van der Waals surface area contributed by atoms with E-state index in [2.05, 4.69) is 11.9 Å². The molecule has 0 amide bonds. The molecule has 4 rings (SSSR count). The number of carbonyl (C=O) groups excluding carboxylic acids is 1. The van der Waals surface area contributed by atoms with Crippen molar-refractivity contribution in [3.05, 3.63) is 12.2 Å². The van der Waals surface area contributed by atoms with E-state index >= 15 is 0 Å². The lowest BCUT2D eigenvalue weighted by atomic mass is 9.78. The third-order valence-corrected chi connectivity index (χ3v) is 5.64. The maximum atomic E-state index is 11.3. The van der Waals surface area contributed by atoms with E-state index in [4.69, 9.17) is 9.47 Å². The number of carbonyl (C=O) groups is 1. The molecule has 1 N–H and O–H groups in total. The van der Waals surface area contributed by atoms with E-state index < -0.39 is 0 Å². The molecule has 0 spiro atoms. The van der Waals surface area contributed by atoms with Crippen molar-refractivity contribution in [1.29, 1.82) is 0 Å². The van der Waals surface area contributed by atoms with Crippen LogP contribution in [0.5, 0.6) is 0 Å². The zero-order valence-corrected chi connectivity index (χ0v) is 11.3. The Kier molecular flexibility index (Phi) is 2.55.